The number of nitrogens with one attached hydrogen (secondary N) is 1. The second-order valence-electron chi connectivity index (χ2n) is 5.53. The normalized spacial score (nSPS) is 17.9. The number of hydrogen-bond donors (Lipinski definition) is 2. The van der Waals surface area contributed by atoms with E-state index in [0.29, 0.717) is 0 Å². The number of carboxylic acids is 1. The second kappa shape index (κ2) is 6.50. The Morgan fingerprint density at radius 2 is 1.91 bits per heavy atom. The molecule has 2 rings (SSSR count). The Balaban J connectivity index is 2.25. The molecular weight excluding hydrogens is 332 g/mol. The van der Waals surface area contributed by atoms with Gasteiger partial charge in [0.25, 0.3) is 0 Å². The average Bonchev–Trinajstić information content (AvgIpc) is 2.51. The van der Waals surface area contributed by atoms with Crippen molar-refractivity contribution in [3.05, 3.63) is 29.3 Å². The molecule has 1 aliphatic rings. The maximum atomic E-state index is 13.8. The first kappa shape index (κ1) is 17.8. The highest BCUT2D eigenvalue weighted by Crippen LogP contribution is 2.31. The molecule has 2 N–H and O–H groups in total. The summed E-state index contributed by atoms with van der Waals surface area (Å²) in [7, 11) is -4.37. The molecule has 1 saturated heterocycles. The van der Waals surface area contributed by atoms with E-state index in [4.69, 9.17) is 4.74 Å². The molecule has 23 heavy (non-hydrogen) atoms. The SMILES string of the molecule is Cc1ccc(S(=O)(=O)NCC2(C(=O)O)CCOCC2)c(F)c1F. The lowest BCUT2D eigenvalue weighted by Crippen LogP contribution is -2.46. The Bertz CT molecular complexity index is 714. The molecule has 0 aromatic heterocycles. The fourth-order valence-corrected chi connectivity index (χ4v) is 3.57. The van der Waals surface area contributed by atoms with Gasteiger partial charge in [0, 0.05) is 19.8 Å². The smallest absolute Gasteiger partial charge is 0.311 e. The zero-order valence-corrected chi connectivity index (χ0v) is 13.3. The van der Waals surface area contributed by atoms with Gasteiger partial charge in [-0.3, -0.25) is 4.79 Å². The molecular formula is C14H17F2NO5S. The van der Waals surface area contributed by atoms with Crippen molar-refractivity contribution >= 4 is 16.0 Å². The number of aryl methyl sites for hydroxylation is 1. The fraction of sp³-hybridized carbons (Fsp3) is 0.500. The molecule has 128 valence electrons. The molecule has 0 aliphatic carbocycles. The molecule has 0 bridgehead atoms. The highest BCUT2D eigenvalue weighted by Gasteiger charge is 2.41. The van der Waals surface area contributed by atoms with Gasteiger partial charge >= 0.3 is 5.97 Å². The largest absolute Gasteiger partial charge is 0.481 e. The summed E-state index contributed by atoms with van der Waals surface area (Å²) in [5.41, 5.74) is -1.33. The van der Waals surface area contributed by atoms with Crippen LogP contribution in [0, 0.1) is 24.0 Å². The summed E-state index contributed by atoms with van der Waals surface area (Å²) >= 11 is 0. The van der Waals surface area contributed by atoms with E-state index in [1.165, 1.54) is 6.92 Å². The van der Waals surface area contributed by atoms with Gasteiger partial charge in [-0.2, -0.15) is 0 Å². The van der Waals surface area contributed by atoms with Gasteiger partial charge in [-0.05, 0) is 31.4 Å². The monoisotopic (exact) mass is 349 g/mol. The van der Waals surface area contributed by atoms with Gasteiger partial charge in [-0.15, -0.1) is 0 Å². The highest BCUT2D eigenvalue weighted by atomic mass is 32.2. The minimum absolute atomic E-state index is 0.0205. The van der Waals surface area contributed by atoms with Crippen molar-refractivity contribution in [2.24, 2.45) is 5.41 Å². The van der Waals surface area contributed by atoms with Crippen LogP contribution in [-0.4, -0.2) is 39.3 Å². The van der Waals surface area contributed by atoms with Crippen molar-refractivity contribution in [2.75, 3.05) is 19.8 Å². The van der Waals surface area contributed by atoms with Crippen LogP contribution in [0.4, 0.5) is 8.78 Å². The zero-order chi connectivity index (χ0) is 17.3. The van der Waals surface area contributed by atoms with Crippen LogP contribution in [0.25, 0.3) is 0 Å². The van der Waals surface area contributed by atoms with E-state index in [9.17, 15) is 27.1 Å². The van der Waals surface area contributed by atoms with Gasteiger partial charge in [-0.1, -0.05) is 6.07 Å². The van der Waals surface area contributed by atoms with Gasteiger partial charge in [0.1, 0.15) is 4.90 Å². The number of halogens is 2. The topological polar surface area (TPSA) is 92.7 Å². The van der Waals surface area contributed by atoms with Crippen LogP contribution in [-0.2, 0) is 19.6 Å². The number of benzene rings is 1. The van der Waals surface area contributed by atoms with Crippen LogP contribution in [0.3, 0.4) is 0 Å². The van der Waals surface area contributed by atoms with Crippen molar-refractivity contribution in [2.45, 2.75) is 24.7 Å². The Morgan fingerprint density at radius 3 is 2.48 bits per heavy atom. The summed E-state index contributed by atoms with van der Waals surface area (Å²) in [5, 5.41) is 9.37. The molecule has 1 aromatic rings. The van der Waals surface area contributed by atoms with Crippen molar-refractivity contribution < 1.29 is 31.8 Å². The fourth-order valence-electron chi connectivity index (χ4n) is 2.38. The van der Waals surface area contributed by atoms with Gasteiger partial charge < -0.3 is 9.84 Å². The van der Waals surface area contributed by atoms with E-state index in [2.05, 4.69) is 4.72 Å². The number of ether oxygens (including phenoxy) is 1. The number of rotatable bonds is 5. The Morgan fingerprint density at radius 1 is 1.30 bits per heavy atom. The minimum Gasteiger partial charge on any atom is -0.481 e. The average molecular weight is 349 g/mol. The number of carboxylic acid groups (broad SMARTS) is 1. The first-order valence-electron chi connectivity index (χ1n) is 6.95. The molecule has 0 spiro atoms. The molecule has 1 aromatic carbocycles. The second-order valence-corrected chi connectivity index (χ2v) is 7.27. The Kier molecular flexibility index (Phi) is 5.02. The summed E-state index contributed by atoms with van der Waals surface area (Å²) in [6.45, 7) is 1.29. The summed E-state index contributed by atoms with van der Waals surface area (Å²) in [4.78, 5) is 10.6. The van der Waals surface area contributed by atoms with Crippen LogP contribution in [0.15, 0.2) is 17.0 Å². The lowest BCUT2D eigenvalue weighted by atomic mass is 9.80. The van der Waals surface area contributed by atoms with Gasteiger partial charge in [0.2, 0.25) is 10.0 Å². The van der Waals surface area contributed by atoms with Gasteiger partial charge in [0.15, 0.2) is 11.6 Å². The third-order valence-corrected chi connectivity index (χ3v) is 5.45. The summed E-state index contributed by atoms with van der Waals surface area (Å²) in [6, 6.07) is 2.10. The van der Waals surface area contributed by atoms with Crippen LogP contribution in [0.1, 0.15) is 18.4 Å². The predicted molar refractivity (Wildman–Crippen MR) is 76.4 cm³/mol. The quantitative estimate of drug-likeness (QED) is 0.839. The third-order valence-electron chi connectivity index (χ3n) is 4.03. The van der Waals surface area contributed by atoms with Crippen molar-refractivity contribution in [3.63, 3.8) is 0 Å². The van der Waals surface area contributed by atoms with Crippen LogP contribution in [0.2, 0.25) is 0 Å². The van der Waals surface area contributed by atoms with Crippen LogP contribution >= 0.6 is 0 Å². The van der Waals surface area contributed by atoms with Crippen molar-refractivity contribution in [1.29, 1.82) is 0 Å². The molecule has 0 saturated carbocycles. The number of hydrogen-bond acceptors (Lipinski definition) is 4. The first-order chi connectivity index (χ1) is 10.7. The van der Waals surface area contributed by atoms with E-state index in [-0.39, 0.29) is 31.6 Å². The lowest BCUT2D eigenvalue weighted by molar-refractivity contribution is -0.154. The number of sulfonamides is 1. The van der Waals surface area contributed by atoms with E-state index < -0.39 is 44.5 Å². The lowest BCUT2D eigenvalue weighted by Gasteiger charge is -2.33. The van der Waals surface area contributed by atoms with E-state index in [1.54, 1.807) is 0 Å². The summed E-state index contributed by atoms with van der Waals surface area (Å²) < 4.78 is 58.9. The number of aliphatic carboxylic acids is 1. The molecule has 1 heterocycles. The molecule has 6 nitrogen and oxygen atoms in total. The van der Waals surface area contributed by atoms with Crippen LogP contribution < -0.4 is 4.72 Å². The minimum atomic E-state index is -4.37. The third kappa shape index (κ3) is 3.51. The van der Waals surface area contributed by atoms with E-state index >= 15 is 0 Å². The first-order valence-corrected chi connectivity index (χ1v) is 8.43. The Hall–Kier alpha value is -1.58. The standard InChI is InChI=1S/C14H17F2NO5S/c1-9-2-3-10(12(16)11(9)15)23(20,21)17-8-14(13(18)19)4-6-22-7-5-14/h2-3,17H,4-8H2,1H3,(H,18,19). The molecule has 1 aliphatic heterocycles. The maximum Gasteiger partial charge on any atom is 0.311 e. The summed E-state index contributed by atoms with van der Waals surface area (Å²) in [5.74, 6) is -3.88. The zero-order valence-electron chi connectivity index (χ0n) is 12.4. The number of carbonyl (C=O) groups is 1. The van der Waals surface area contributed by atoms with Crippen molar-refractivity contribution in [1.82, 2.24) is 4.72 Å². The van der Waals surface area contributed by atoms with E-state index in [1.807, 2.05) is 0 Å². The Labute approximate surface area is 132 Å². The molecule has 9 heteroatoms. The van der Waals surface area contributed by atoms with Gasteiger partial charge in [0.05, 0.1) is 5.41 Å². The molecule has 0 unspecified atom stereocenters. The highest BCUT2D eigenvalue weighted by molar-refractivity contribution is 7.89. The summed E-state index contributed by atoms with van der Waals surface area (Å²) in [6.07, 6.45) is 0.269. The molecule has 0 atom stereocenters. The molecule has 1 fully saturated rings. The molecule has 0 radical (unpaired) electrons. The molecule has 0 amide bonds. The van der Waals surface area contributed by atoms with E-state index in [0.717, 1.165) is 12.1 Å². The van der Waals surface area contributed by atoms with Gasteiger partial charge in [-0.25, -0.2) is 21.9 Å². The maximum absolute atomic E-state index is 13.8. The van der Waals surface area contributed by atoms with Crippen molar-refractivity contribution in [3.8, 4) is 0 Å². The van der Waals surface area contributed by atoms with Crippen LogP contribution in [0.5, 0.6) is 0 Å². The predicted octanol–water partition coefficient (Wildman–Crippen LogP) is 1.43.